The lowest BCUT2D eigenvalue weighted by molar-refractivity contribution is 0.0534. The largest absolute Gasteiger partial charge is 0.444 e. The molecule has 0 aliphatic rings. The number of alkyl carbamates (subject to hydrolysis) is 1. The van der Waals surface area contributed by atoms with Crippen LogP contribution >= 0.6 is 11.6 Å². The number of halogens is 1. The molecule has 0 saturated heterocycles. The fourth-order valence-corrected chi connectivity index (χ4v) is 0.701. The third-order valence-electron chi connectivity index (χ3n) is 1.12. The predicted octanol–water partition coefficient (Wildman–Crippen LogP) is 1.63. The molecule has 1 amide bonds. The van der Waals surface area contributed by atoms with Gasteiger partial charge in [0, 0.05) is 11.6 Å². The minimum atomic E-state index is -0.505. The van der Waals surface area contributed by atoms with Gasteiger partial charge in [-0.25, -0.2) is 4.79 Å². The van der Waals surface area contributed by atoms with E-state index in [-0.39, 0.29) is 13.2 Å². The molecule has 0 fully saturated rings. The second kappa shape index (κ2) is 5.88. The van der Waals surface area contributed by atoms with Gasteiger partial charge in [0.2, 0.25) is 0 Å². The Morgan fingerprint density at radius 1 is 1.57 bits per heavy atom. The molecule has 0 unspecified atom stereocenters. The quantitative estimate of drug-likeness (QED) is 0.762. The van der Waals surface area contributed by atoms with Crippen LogP contribution in [-0.2, 0) is 4.74 Å². The summed E-state index contributed by atoms with van der Waals surface area (Å²) in [6.07, 6.45) is 1.00. The second-order valence-electron chi connectivity index (χ2n) is 3.69. The van der Waals surface area contributed by atoms with Gasteiger partial charge in [-0.3, -0.25) is 0 Å². The van der Waals surface area contributed by atoms with E-state index in [0.29, 0.717) is 5.03 Å². The molecule has 14 heavy (non-hydrogen) atoms. The summed E-state index contributed by atoms with van der Waals surface area (Å²) in [5.41, 5.74) is -0.505. The van der Waals surface area contributed by atoms with Crippen LogP contribution in [0.15, 0.2) is 11.1 Å². The zero-order valence-electron chi connectivity index (χ0n) is 8.63. The van der Waals surface area contributed by atoms with E-state index >= 15 is 0 Å². The summed E-state index contributed by atoms with van der Waals surface area (Å²) in [5, 5.41) is 11.3. The number of carbonyl (C=O) groups is 1. The van der Waals surface area contributed by atoms with Crippen molar-refractivity contribution in [2.75, 3.05) is 13.2 Å². The van der Waals surface area contributed by atoms with Gasteiger partial charge in [-0.2, -0.15) is 0 Å². The van der Waals surface area contributed by atoms with Crippen molar-refractivity contribution < 1.29 is 14.6 Å². The predicted molar refractivity (Wildman–Crippen MR) is 55.3 cm³/mol. The summed E-state index contributed by atoms with van der Waals surface area (Å²) in [5.74, 6) is 0. The number of rotatable bonds is 3. The molecule has 0 atom stereocenters. The summed E-state index contributed by atoms with van der Waals surface area (Å²) < 4.78 is 4.97. The molecule has 0 aliphatic carbocycles. The molecular formula is C9H16ClNO3. The highest BCUT2D eigenvalue weighted by Gasteiger charge is 2.14. The van der Waals surface area contributed by atoms with E-state index in [9.17, 15) is 4.79 Å². The van der Waals surface area contributed by atoms with Crippen molar-refractivity contribution in [3.63, 3.8) is 0 Å². The minimum absolute atomic E-state index is 0.225. The van der Waals surface area contributed by atoms with Crippen LogP contribution in [0, 0.1) is 0 Å². The first-order valence-corrected chi connectivity index (χ1v) is 4.65. The molecule has 0 rings (SSSR count). The smallest absolute Gasteiger partial charge is 0.407 e. The Hall–Kier alpha value is -0.740. The number of aliphatic hydroxyl groups excluding tert-OH is 1. The Labute approximate surface area is 88.9 Å². The van der Waals surface area contributed by atoms with Crippen LogP contribution in [0.4, 0.5) is 4.79 Å². The second-order valence-corrected chi connectivity index (χ2v) is 4.18. The summed E-state index contributed by atoms with van der Waals surface area (Å²) in [4.78, 5) is 11.1. The summed E-state index contributed by atoms with van der Waals surface area (Å²) >= 11 is 5.50. The topological polar surface area (TPSA) is 58.6 Å². The zero-order chi connectivity index (χ0) is 11.2. The number of aliphatic hydroxyl groups is 1. The summed E-state index contributed by atoms with van der Waals surface area (Å²) in [6, 6.07) is 0. The molecule has 0 aromatic carbocycles. The molecule has 5 heteroatoms. The molecule has 0 spiro atoms. The Morgan fingerprint density at radius 3 is 2.57 bits per heavy atom. The Bertz CT molecular complexity index is 221. The van der Waals surface area contributed by atoms with E-state index in [1.54, 1.807) is 20.8 Å². The van der Waals surface area contributed by atoms with Crippen molar-refractivity contribution >= 4 is 17.7 Å². The van der Waals surface area contributed by atoms with Gasteiger partial charge >= 0.3 is 6.09 Å². The number of hydrogen-bond donors (Lipinski definition) is 2. The van der Waals surface area contributed by atoms with Gasteiger partial charge in [-0.05, 0) is 26.8 Å². The zero-order valence-corrected chi connectivity index (χ0v) is 9.39. The number of amides is 1. The van der Waals surface area contributed by atoms with Gasteiger partial charge < -0.3 is 15.2 Å². The third kappa shape index (κ3) is 7.89. The van der Waals surface area contributed by atoms with Crippen LogP contribution in [0.3, 0.4) is 0 Å². The monoisotopic (exact) mass is 221 g/mol. The Balaban J connectivity index is 3.76. The molecule has 0 radical (unpaired) electrons. The van der Waals surface area contributed by atoms with Crippen molar-refractivity contribution in [3.05, 3.63) is 11.1 Å². The van der Waals surface area contributed by atoms with E-state index in [2.05, 4.69) is 5.32 Å². The molecule has 0 aromatic rings. The fraction of sp³-hybridized carbons (Fsp3) is 0.667. The van der Waals surface area contributed by atoms with Crippen molar-refractivity contribution in [2.45, 2.75) is 26.4 Å². The van der Waals surface area contributed by atoms with Crippen molar-refractivity contribution in [1.29, 1.82) is 0 Å². The molecule has 82 valence electrons. The Kier molecular flexibility index (Phi) is 5.57. The standard InChI is InChI=1S/C9H16ClNO3/c1-9(2,3)14-8(13)11-5-4-7(10)6-12/h4,12H,5-6H2,1-3H3,(H,11,13)/b7-4+. The molecule has 0 aromatic heterocycles. The van der Waals surface area contributed by atoms with Crippen LogP contribution in [0.25, 0.3) is 0 Å². The SMILES string of the molecule is CC(C)(C)OC(=O)NC/C=C(/Cl)CO. The molecule has 0 aliphatic heterocycles. The first-order chi connectivity index (χ1) is 6.35. The first kappa shape index (κ1) is 13.3. The first-order valence-electron chi connectivity index (χ1n) is 4.27. The van der Waals surface area contributed by atoms with Crippen molar-refractivity contribution in [3.8, 4) is 0 Å². The maximum atomic E-state index is 11.1. The Morgan fingerprint density at radius 2 is 2.14 bits per heavy atom. The maximum absolute atomic E-state index is 11.1. The fourth-order valence-electron chi connectivity index (χ4n) is 0.624. The van der Waals surface area contributed by atoms with Gasteiger partial charge in [-0.15, -0.1) is 0 Å². The number of carbonyl (C=O) groups excluding carboxylic acids is 1. The van der Waals surface area contributed by atoms with Crippen LogP contribution in [0.1, 0.15) is 20.8 Å². The average Bonchev–Trinajstić information content (AvgIpc) is 2.00. The van der Waals surface area contributed by atoms with Crippen LogP contribution in [0.5, 0.6) is 0 Å². The average molecular weight is 222 g/mol. The van der Waals surface area contributed by atoms with Gasteiger partial charge in [0.05, 0.1) is 6.61 Å². The lowest BCUT2D eigenvalue weighted by Gasteiger charge is -2.19. The van der Waals surface area contributed by atoms with Crippen LogP contribution < -0.4 is 5.32 Å². The van der Waals surface area contributed by atoms with E-state index < -0.39 is 11.7 Å². The maximum Gasteiger partial charge on any atom is 0.407 e. The van der Waals surface area contributed by atoms with E-state index in [1.807, 2.05) is 0 Å². The third-order valence-corrected chi connectivity index (χ3v) is 1.39. The highest BCUT2D eigenvalue weighted by molar-refractivity contribution is 6.29. The molecule has 2 N–H and O–H groups in total. The molecule has 4 nitrogen and oxygen atoms in total. The highest BCUT2D eigenvalue weighted by atomic mass is 35.5. The lowest BCUT2D eigenvalue weighted by Crippen LogP contribution is -2.32. The van der Waals surface area contributed by atoms with Gasteiger partial charge in [0.15, 0.2) is 0 Å². The number of hydrogen-bond acceptors (Lipinski definition) is 3. The summed E-state index contributed by atoms with van der Waals surface area (Å²) in [7, 11) is 0. The van der Waals surface area contributed by atoms with Crippen molar-refractivity contribution in [1.82, 2.24) is 5.32 Å². The van der Waals surface area contributed by atoms with Gasteiger partial charge in [0.25, 0.3) is 0 Å². The summed E-state index contributed by atoms with van der Waals surface area (Å²) in [6.45, 7) is 5.36. The van der Waals surface area contributed by atoms with Crippen molar-refractivity contribution in [2.24, 2.45) is 0 Å². The van der Waals surface area contributed by atoms with E-state index in [0.717, 1.165) is 0 Å². The normalized spacial score (nSPS) is 12.5. The lowest BCUT2D eigenvalue weighted by atomic mass is 10.2. The number of nitrogens with one attached hydrogen (secondary N) is 1. The number of ether oxygens (including phenoxy) is 1. The molecular weight excluding hydrogens is 206 g/mol. The van der Waals surface area contributed by atoms with Crippen LogP contribution in [0.2, 0.25) is 0 Å². The van der Waals surface area contributed by atoms with Crippen LogP contribution in [-0.4, -0.2) is 30.0 Å². The van der Waals surface area contributed by atoms with Gasteiger partial charge in [0.1, 0.15) is 5.60 Å². The molecule has 0 bridgehead atoms. The minimum Gasteiger partial charge on any atom is -0.444 e. The van der Waals surface area contributed by atoms with Gasteiger partial charge in [-0.1, -0.05) is 11.6 Å². The van der Waals surface area contributed by atoms with E-state index in [1.165, 1.54) is 6.08 Å². The molecule has 0 heterocycles. The molecule has 0 saturated carbocycles. The highest BCUT2D eigenvalue weighted by Crippen LogP contribution is 2.06. The van der Waals surface area contributed by atoms with E-state index in [4.69, 9.17) is 21.4 Å².